The summed E-state index contributed by atoms with van der Waals surface area (Å²) in [5.74, 6) is 0.511. The van der Waals surface area contributed by atoms with E-state index in [0.29, 0.717) is 5.88 Å². The third kappa shape index (κ3) is 17.7. The number of allylic oxidation sites excluding steroid dienone is 2. The molecule has 0 aromatic heterocycles. The third-order valence-electron chi connectivity index (χ3n) is 2.41. The average molecular weight is 354 g/mol. The van der Waals surface area contributed by atoms with Crippen molar-refractivity contribution in [3.63, 3.8) is 0 Å². The number of alkyl halides is 2. The number of unbranched alkanes of at least 4 members (excludes halogenated alkanes) is 1. The quantitative estimate of drug-likeness (QED) is 0.238. The molecule has 0 rings (SSSR count). The first-order chi connectivity index (χ1) is 9.04. The second-order valence-electron chi connectivity index (χ2n) is 3.68. The number of rotatable bonds is 7. The highest BCUT2D eigenvalue weighted by Crippen LogP contribution is 2.20. The molecule has 0 spiro atoms. The minimum absolute atomic E-state index is 0.131. The fourth-order valence-electron chi connectivity index (χ4n) is 1.28. The average Bonchev–Trinajstić information content (AvgIpc) is 2.45. The van der Waals surface area contributed by atoms with Crippen LogP contribution in [0.15, 0.2) is 24.3 Å². The van der Waals surface area contributed by atoms with Crippen molar-refractivity contribution >= 4 is 27.5 Å². The molecule has 2 nitrogen and oxygen atoms in total. The smallest absolute Gasteiger partial charge is 0.158 e. The summed E-state index contributed by atoms with van der Waals surface area (Å²) in [4.78, 5) is 0. The lowest BCUT2D eigenvalue weighted by Crippen LogP contribution is -2.20. The predicted octanol–water partition coefficient (Wildman–Crippen LogP) is 4.11. The monoisotopic (exact) mass is 352 g/mol. The van der Waals surface area contributed by atoms with E-state index in [2.05, 4.69) is 35.4 Å². The highest BCUT2D eigenvalue weighted by molar-refractivity contribution is 9.09. The summed E-state index contributed by atoms with van der Waals surface area (Å²) >= 11 is 8.67. The summed E-state index contributed by atoms with van der Waals surface area (Å²) in [6.45, 7) is 7.26. The van der Waals surface area contributed by atoms with Crippen LogP contribution in [-0.2, 0) is 0 Å². The Morgan fingerprint density at radius 3 is 2.11 bits per heavy atom. The molecule has 2 N–H and O–H groups in total. The maximum atomic E-state index is 9.09. The Labute approximate surface area is 131 Å². The van der Waals surface area contributed by atoms with E-state index in [1.807, 2.05) is 19.9 Å². The molecule has 0 aliphatic heterocycles. The van der Waals surface area contributed by atoms with Crippen molar-refractivity contribution in [1.29, 1.82) is 0 Å². The number of terminal acetylenes is 1. The lowest BCUT2D eigenvalue weighted by atomic mass is 9.94. The van der Waals surface area contributed by atoms with Gasteiger partial charge in [-0.05, 0) is 26.7 Å². The summed E-state index contributed by atoms with van der Waals surface area (Å²) in [5, 5.41) is 19.1. The largest absolute Gasteiger partial charge is 0.368 e. The molecule has 0 amide bonds. The van der Waals surface area contributed by atoms with Gasteiger partial charge in [0.25, 0.3) is 0 Å². The van der Waals surface area contributed by atoms with Gasteiger partial charge in [-0.2, -0.15) is 0 Å². The van der Waals surface area contributed by atoms with Gasteiger partial charge >= 0.3 is 0 Å². The lowest BCUT2D eigenvalue weighted by Gasteiger charge is -2.19. The predicted molar refractivity (Wildman–Crippen MR) is 89.6 cm³/mol. The van der Waals surface area contributed by atoms with Crippen LogP contribution in [0.2, 0.25) is 0 Å². The van der Waals surface area contributed by atoms with Crippen LogP contribution >= 0.6 is 27.5 Å². The van der Waals surface area contributed by atoms with Crippen molar-refractivity contribution in [2.24, 2.45) is 5.92 Å². The number of aliphatic hydroxyl groups is 2. The molecule has 1 atom stereocenters. The molecule has 0 fully saturated rings. The van der Waals surface area contributed by atoms with Gasteiger partial charge in [0.1, 0.15) is 0 Å². The Bertz CT molecular complexity index is 238. The van der Waals surface area contributed by atoms with Crippen LogP contribution in [0.3, 0.4) is 0 Å². The van der Waals surface area contributed by atoms with Crippen LogP contribution in [0.5, 0.6) is 0 Å². The molecule has 0 radical (unpaired) electrons. The second kappa shape index (κ2) is 20.1. The zero-order valence-electron chi connectivity index (χ0n) is 11.9. The van der Waals surface area contributed by atoms with Gasteiger partial charge in [-0.3, -0.25) is 0 Å². The van der Waals surface area contributed by atoms with E-state index in [9.17, 15) is 0 Å². The van der Waals surface area contributed by atoms with Crippen LogP contribution in [0.1, 0.15) is 33.1 Å². The molecule has 19 heavy (non-hydrogen) atoms. The van der Waals surface area contributed by atoms with E-state index in [1.54, 1.807) is 6.08 Å². The molecule has 0 heterocycles. The van der Waals surface area contributed by atoms with Gasteiger partial charge in [-0.1, -0.05) is 40.1 Å². The zero-order chi connectivity index (χ0) is 15.7. The van der Waals surface area contributed by atoms with E-state index < -0.39 is 6.29 Å². The van der Waals surface area contributed by atoms with Gasteiger partial charge in [-0.25, -0.2) is 0 Å². The number of hydrogen-bond donors (Lipinski definition) is 2. The molecule has 1 unspecified atom stereocenters. The minimum atomic E-state index is -1.24. The molecular formula is C15H26BrClO2. The topological polar surface area (TPSA) is 40.5 Å². The Balaban J connectivity index is -0.000000361. The Kier molecular flexibility index (Phi) is 25.1. The van der Waals surface area contributed by atoms with Crippen LogP contribution < -0.4 is 0 Å². The summed E-state index contributed by atoms with van der Waals surface area (Å²) < 4.78 is 0. The van der Waals surface area contributed by atoms with Crippen molar-refractivity contribution in [2.45, 2.75) is 39.4 Å². The molecular weight excluding hydrogens is 328 g/mol. The fourth-order valence-corrected chi connectivity index (χ4v) is 1.47. The van der Waals surface area contributed by atoms with E-state index in [1.165, 1.54) is 0 Å². The van der Waals surface area contributed by atoms with E-state index in [4.69, 9.17) is 21.8 Å². The van der Waals surface area contributed by atoms with Crippen molar-refractivity contribution < 1.29 is 10.2 Å². The second-order valence-corrected chi connectivity index (χ2v) is 4.71. The molecule has 4 heteroatoms. The first-order valence-corrected chi connectivity index (χ1v) is 7.75. The Morgan fingerprint density at radius 2 is 1.84 bits per heavy atom. The van der Waals surface area contributed by atoms with Crippen LogP contribution in [0.25, 0.3) is 0 Å². The fraction of sp³-hybridized carbons (Fsp3) is 0.600. The first kappa shape index (κ1) is 23.8. The number of hydrogen-bond acceptors (Lipinski definition) is 2. The van der Waals surface area contributed by atoms with Gasteiger partial charge in [0.15, 0.2) is 6.29 Å². The Hall–Kier alpha value is -0.270. The molecule has 0 aromatic carbocycles. The highest BCUT2D eigenvalue weighted by Gasteiger charge is 2.17. The van der Waals surface area contributed by atoms with Crippen molar-refractivity contribution in [1.82, 2.24) is 0 Å². The van der Waals surface area contributed by atoms with Gasteiger partial charge in [-0.15, -0.1) is 31.0 Å². The summed E-state index contributed by atoms with van der Waals surface area (Å²) in [5.41, 5.74) is 1.03. The highest BCUT2D eigenvalue weighted by atomic mass is 79.9. The summed E-state index contributed by atoms with van der Waals surface area (Å²) in [7, 11) is 0. The molecule has 0 aliphatic rings. The van der Waals surface area contributed by atoms with Crippen LogP contribution in [0, 0.1) is 18.8 Å². The number of aliphatic hydroxyl groups excluding tert-OH is 1. The Morgan fingerprint density at radius 1 is 1.37 bits per heavy atom. The maximum absolute atomic E-state index is 9.09. The third-order valence-corrected chi connectivity index (χ3v) is 3.13. The zero-order valence-corrected chi connectivity index (χ0v) is 14.2. The molecule has 0 saturated heterocycles. The van der Waals surface area contributed by atoms with Crippen LogP contribution in [0.4, 0.5) is 0 Å². The van der Waals surface area contributed by atoms with Gasteiger partial charge < -0.3 is 10.2 Å². The van der Waals surface area contributed by atoms with Crippen LogP contribution in [-0.4, -0.2) is 27.7 Å². The molecule has 0 aliphatic carbocycles. The minimum Gasteiger partial charge on any atom is -0.368 e. The van der Waals surface area contributed by atoms with Gasteiger partial charge in [0, 0.05) is 17.1 Å². The first-order valence-electron chi connectivity index (χ1n) is 6.10. The number of halogens is 2. The van der Waals surface area contributed by atoms with Gasteiger partial charge in [0.2, 0.25) is 0 Å². The van der Waals surface area contributed by atoms with Crippen molar-refractivity contribution in [3.05, 3.63) is 24.3 Å². The molecule has 112 valence electrons. The molecule has 0 saturated carbocycles. The molecule has 0 bridgehead atoms. The standard InChI is InChI=1S/C10H19ClO2.C3H5Br.C2H2/c1-3-8(2)9(10(12)13)6-4-5-7-11;1-2-3-4;1-2/h3,9-10,12-13H,4-7H2,1-2H3;2H,1,3H2;1-2H/b8-3+;;. The van der Waals surface area contributed by atoms with E-state index >= 15 is 0 Å². The van der Waals surface area contributed by atoms with E-state index in [0.717, 1.165) is 30.2 Å². The maximum Gasteiger partial charge on any atom is 0.158 e. The van der Waals surface area contributed by atoms with E-state index in [-0.39, 0.29) is 5.92 Å². The molecule has 0 aromatic rings. The lowest BCUT2D eigenvalue weighted by molar-refractivity contribution is -0.0753. The van der Waals surface area contributed by atoms with Crippen molar-refractivity contribution in [3.8, 4) is 12.8 Å². The summed E-state index contributed by atoms with van der Waals surface area (Å²) in [6, 6.07) is 0. The van der Waals surface area contributed by atoms with Gasteiger partial charge in [0.05, 0.1) is 0 Å². The normalized spacial score (nSPS) is 11.7. The summed E-state index contributed by atoms with van der Waals surface area (Å²) in [6.07, 6.45) is 13.1. The SMILES string of the molecule is C#C.C/C=C(\C)C(CCCCCl)C(O)O.C=CCBr. The van der Waals surface area contributed by atoms with Crippen molar-refractivity contribution in [2.75, 3.05) is 11.2 Å².